The summed E-state index contributed by atoms with van der Waals surface area (Å²) < 4.78 is 11.5. The largest absolute Gasteiger partial charge is 0.382 e. The molecule has 1 amide bonds. The summed E-state index contributed by atoms with van der Waals surface area (Å²) >= 11 is 0. The summed E-state index contributed by atoms with van der Waals surface area (Å²) in [6.07, 6.45) is 1.77. The Morgan fingerprint density at radius 2 is 2.35 bits per heavy atom. The summed E-state index contributed by atoms with van der Waals surface area (Å²) in [4.78, 5) is 11.5. The Balaban J connectivity index is 2.39. The molecule has 0 bridgehead atoms. The Bertz CT molecular complexity index is 364. The first kappa shape index (κ1) is 13.6. The van der Waals surface area contributed by atoms with Crippen LogP contribution in [0.25, 0.3) is 0 Å². The second kappa shape index (κ2) is 7.00. The van der Waals surface area contributed by atoms with E-state index in [1.54, 1.807) is 25.0 Å². The maximum absolute atomic E-state index is 11.5. The van der Waals surface area contributed by atoms with Gasteiger partial charge in [-0.15, -0.1) is 0 Å². The van der Waals surface area contributed by atoms with Crippen molar-refractivity contribution in [2.75, 3.05) is 32.2 Å². The monoisotopic (exact) mass is 242 g/mol. The van der Waals surface area contributed by atoms with E-state index in [1.807, 2.05) is 0 Å². The molecule has 0 spiro atoms. The quantitative estimate of drug-likeness (QED) is 0.628. The molecule has 96 valence electrons. The smallest absolute Gasteiger partial charge is 0.251 e. The second-order valence-corrected chi connectivity index (χ2v) is 3.47. The third kappa shape index (κ3) is 4.51. The Kier molecular flexibility index (Phi) is 5.61. The molecule has 0 saturated heterocycles. The summed E-state index contributed by atoms with van der Waals surface area (Å²) in [6, 6.07) is 0. The fourth-order valence-corrected chi connectivity index (χ4v) is 1.27. The van der Waals surface area contributed by atoms with E-state index in [2.05, 4.69) is 10.4 Å². The standard InChI is InChI=1S/C10H18N4O3/c1-14-6-8(5-11)10(13-14)12-9(15)7-17-4-3-16-2/h6H,3-5,7,11H2,1-2H3,(H,12,13,15). The summed E-state index contributed by atoms with van der Waals surface area (Å²) in [5.41, 5.74) is 6.32. The SMILES string of the molecule is COCCOCC(=O)Nc1nn(C)cc1CN. The van der Waals surface area contributed by atoms with Gasteiger partial charge in [-0.2, -0.15) is 5.10 Å². The van der Waals surface area contributed by atoms with E-state index in [9.17, 15) is 4.79 Å². The molecule has 0 aromatic carbocycles. The molecular weight excluding hydrogens is 224 g/mol. The van der Waals surface area contributed by atoms with Gasteiger partial charge in [0, 0.05) is 32.5 Å². The second-order valence-electron chi connectivity index (χ2n) is 3.47. The number of anilines is 1. The first-order chi connectivity index (χ1) is 8.17. The summed E-state index contributed by atoms with van der Waals surface area (Å²) in [6.45, 7) is 1.15. The molecule has 3 N–H and O–H groups in total. The maximum atomic E-state index is 11.5. The van der Waals surface area contributed by atoms with Gasteiger partial charge in [-0.05, 0) is 0 Å². The number of amides is 1. The zero-order chi connectivity index (χ0) is 12.7. The molecule has 0 aliphatic rings. The number of aromatic nitrogens is 2. The van der Waals surface area contributed by atoms with Crippen LogP contribution in [-0.2, 0) is 27.9 Å². The van der Waals surface area contributed by atoms with Gasteiger partial charge in [-0.1, -0.05) is 0 Å². The molecule has 0 atom stereocenters. The molecule has 0 aliphatic carbocycles. The zero-order valence-electron chi connectivity index (χ0n) is 10.1. The lowest BCUT2D eigenvalue weighted by Crippen LogP contribution is -2.20. The third-order valence-corrected chi connectivity index (χ3v) is 2.05. The lowest BCUT2D eigenvalue weighted by molar-refractivity contribution is -0.121. The predicted molar refractivity (Wildman–Crippen MR) is 62.4 cm³/mol. The number of hydrogen-bond donors (Lipinski definition) is 2. The first-order valence-corrected chi connectivity index (χ1v) is 5.26. The molecule has 17 heavy (non-hydrogen) atoms. The van der Waals surface area contributed by atoms with Crippen LogP contribution in [0.3, 0.4) is 0 Å². The molecule has 7 nitrogen and oxygen atoms in total. The summed E-state index contributed by atoms with van der Waals surface area (Å²) in [5, 5.41) is 6.73. The number of aryl methyl sites for hydroxylation is 1. The molecule has 0 radical (unpaired) electrons. The van der Waals surface area contributed by atoms with Gasteiger partial charge in [0.2, 0.25) is 0 Å². The van der Waals surface area contributed by atoms with Gasteiger partial charge in [-0.25, -0.2) is 0 Å². The van der Waals surface area contributed by atoms with Gasteiger partial charge in [0.05, 0.1) is 13.2 Å². The predicted octanol–water partition coefficient (Wildman–Crippen LogP) is -0.520. The van der Waals surface area contributed by atoms with Crippen LogP contribution in [0.4, 0.5) is 5.82 Å². The van der Waals surface area contributed by atoms with Crippen molar-refractivity contribution >= 4 is 11.7 Å². The van der Waals surface area contributed by atoms with Gasteiger partial charge in [0.15, 0.2) is 5.82 Å². The van der Waals surface area contributed by atoms with Crippen LogP contribution < -0.4 is 11.1 Å². The van der Waals surface area contributed by atoms with Crippen molar-refractivity contribution in [2.24, 2.45) is 12.8 Å². The number of carbonyl (C=O) groups excluding carboxylic acids is 1. The zero-order valence-corrected chi connectivity index (χ0v) is 10.1. The summed E-state index contributed by atoms with van der Waals surface area (Å²) in [5.74, 6) is 0.227. The molecular formula is C10H18N4O3. The van der Waals surface area contributed by atoms with E-state index in [-0.39, 0.29) is 12.5 Å². The third-order valence-electron chi connectivity index (χ3n) is 2.05. The Hall–Kier alpha value is -1.44. The van der Waals surface area contributed by atoms with Gasteiger partial charge in [0.25, 0.3) is 5.91 Å². The van der Waals surface area contributed by atoms with E-state index in [1.165, 1.54) is 0 Å². The van der Waals surface area contributed by atoms with Gasteiger partial charge >= 0.3 is 0 Å². The number of nitrogens with one attached hydrogen (secondary N) is 1. The van der Waals surface area contributed by atoms with Crippen molar-refractivity contribution in [1.29, 1.82) is 0 Å². The highest BCUT2D eigenvalue weighted by Gasteiger charge is 2.09. The van der Waals surface area contributed by atoms with Crippen LogP contribution in [0.2, 0.25) is 0 Å². The number of ether oxygens (including phenoxy) is 2. The number of rotatable bonds is 7. The number of nitrogens with zero attached hydrogens (tertiary/aromatic N) is 2. The Morgan fingerprint density at radius 3 is 3.00 bits per heavy atom. The van der Waals surface area contributed by atoms with E-state index in [0.717, 1.165) is 5.56 Å². The first-order valence-electron chi connectivity index (χ1n) is 5.26. The van der Waals surface area contributed by atoms with Gasteiger partial charge < -0.3 is 20.5 Å². The topological polar surface area (TPSA) is 91.4 Å². The molecule has 0 unspecified atom stereocenters. The van der Waals surface area contributed by atoms with Crippen molar-refractivity contribution in [3.63, 3.8) is 0 Å². The van der Waals surface area contributed by atoms with E-state index in [0.29, 0.717) is 25.6 Å². The van der Waals surface area contributed by atoms with Crippen molar-refractivity contribution in [3.05, 3.63) is 11.8 Å². The van der Waals surface area contributed by atoms with E-state index >= 15 is 0 Å². The van der Waals surface area contributed by atoms with Crippen molar-refractivity contribution in [3.8, 4) is 0 Å². The minimum absolute atomic E-state index is 0.0239. The highest BCUT2D eigenvalue weighted by atomic mass is 16.5. The lowest BCUT2D eigenvalue weighted by atomic mass is 10.3. The maximum Gasteiger partial charge on any atom is 0.251 e. The molecule has 1 aromatic heterocycles. The molecule has 1 rings (SSSR count). The Labute approximate surface area is 99.9 Å². The molecule has 1 aromatic rings. The molecule has 1 heterocycles. The van der Waals surface area contributed by atoms with E-state index in [4.69, 9.17) is 15.2 Å². The number of nitrogens with two attached hydrogens (primary N) is 1. The lowest BCUT2D eigenvalue weighted by Gasteiger charge is -2.04. The number of carbonyl (C=O) groups is 1. The normalized spacial score (nSPS) is 10.5. The van der Waals surface area contributed by atoms with Crippen molar-refractivity contribution in [1.82, 2.24) is 9.78 Å². The highest BCUT2D eigenvalue weighted by molar-refractivity contribution is 5.91. The average molecular weight is 242 g/mol. The minimum atomic E-state index is -0.255. The van der Waals surface area contributed by atoms with Crippen LogP contribution in [0.5, 0.6) is 0 Å². The van der Waals surface area contributed by atoms with Gasteiger partial charge in [-0.3, -0.25) is 9.48 Å². The molecule has 0 saturated carbocycles. The number of methoxy groups -OCH3 is 1. The van der Waals surface area contributed by atoms with Gasteiger partial charge in [0.1, 0.15) is 6.61 Å². The molecule has 0 aliphatic heterocycles. The van der Waals surface area contributed by atoms with Crippen LogP contribution in [0.1, 0.15) is 5.56 Å². The summed E-state index contributed by atoms with van der Waals surface area (Å²) in [7, 11) is 3.34. The fourth-order valence-electron chi connectivity index (χ4n) is 1.27. The van der Waals surface area contributed by atoms with E-state index < -0.39 is 0 Å². The molecule has 0 fully saturated rings. The van der Waals surface area contributed by atoms with Crippen LogP contribution in [-0.4, -0.2) is 42.6 Å². The van der Waals surface area contributed by atoms with Crippen LogP contribution in [0, 0.1) is 0 Å². The van der Waals surface area contributed by atoms with Crippen LogP contribution >= 0.6 is 0 Å². The highest BCUT2D eigenvalue weighted by Crippen LogP contribution is 2.10. The number of hydrogen-bond acceptors (Lipinski definition) is 5. The molecule has 7 heteroatoms. The Morgan fingerprint density at radius 1 is 1.59 bits per heavy atom. The average Bonchev–Trinajstić information content (AvgIpc) is 2.65. The van der Waals surface area contributed by atoms with Crippen molar-refractivity contribution < 1.29 is 14.3 Å². The van der Waals surface area contributed by atoms with Crippen molar-refractivity contribution in [2.45, 2.75) is 6.54 Å². The fraction of sp³-hybridized carbons (Fsp3) is 0.600. The van der Waals surface area contributed by atoms with Crippen LogP contribution in [0.15, 0.2) is 6.20 Å². The minimum Gasteiger partial charge on any atom is -0.382 e.